The molecule has 3 atom stereocenters. The van der Waals surface area contributed by atoms with Gasteiger partial charge in [-0.05, 0) is 51.0 Å². The number of hydrogen-bond acceptors (Lipinski definition) is 2. The van der Waals surface area contributed by atoms with E-state index in [4.69, 9.17) is 0 Å². The highest BCUT2D eigenvalue weighted by Gasteiger charge is 2.37. The van der Waals surface area contributed by atoms with Crippen molar-refractivity contribution in [3.05, 3.63) is 30.1 Å². The third-order valence-electron chi connectivity index (χ3n) is 3.08. The smallest absolute Gasteiger partial charge is 0.174 e. The molecule has 2 nitrogen and oxygen atoms in total. The predicted octanol–water partition coefficient (Wildman–Crippen LogP) is 2.72. The normalized spacial score (nSPS) is 28.2. The lowest BCUT2D eigenvalue weighted by Crippen LogP contribution is -2.38. The maximum absolute atomic E-state index is 12.8. The maximum Gasteiger partial charge on any atom is 0.174 e. The second kappa shape index (κ2) is 4.73. The fraction of sp³-hybridized carbons (Fsp3) is 0.500. The second-order valence-corrected chi connectivity index (χ2v) is 5.73. The number of halogens is 1. The molecular weight excluding hydrogens is 225 g/mol. The van der Waals surface area contributed by atoms with Crippen molar-refractivity contribution in [2.45, 2.75) is 43.7 Å². The quantitative estimate of drug-likeness (QED) is 0.744. The van der Waals surface area contributed by atoms with Crippen molar-refractivity contribution in [1.29, 1.82) is 0 Å². The molecule has 1 fully saturated rings. The van der Waals surface area contributed by atoms with Crippen molar-refractivity contribution >= 4 is 11.4 Å². The van der Waals surface area contributed by atoms with Gasteiger partial charge in [0.25, 0.3) is 0 Å². The van der Waals surface area contributed by atoms with Crippen LogP contribution in [0.1, 0.15) is 26.7 Å². The highest BCUT2D eigenvalue weighted by atomic mass is 32.2. The van der Waals surface area contributed by atoms with Gasteiger partial charge in [0.05, 0.1) is 23.4 Å². The van der Waals surface area contributed by atoms with Gasteiger partial charge in [0.15, 0.2) is 4.90 Å². The van der Waals surface area contributed by atoms with Gasteiger partial charge in [-0.3, -0.25) is 0 Å². The molecule has 1 aliphatic heterocycles. The van der Waals surface area contributed by atoms with Gasteiger partial charge in [-0.2, -0.15) is 0 Å². The molecule has 0 saturated carbocycles. The molecule has 1 aromatic rings. The zero-order chi connectivity index (χ0) is 11.7. The SMILES string of the molecule is CC1CCC(C)N1[S+]([O-])c1ccc(F)cc1. The monoisotopic (exact) mass is 241 g/mol. The highest BCUT2D eigenvalue weighted by Crippen LogP contribution is 2.30. The van der Waals surface area contributed by atoms with Gasteiger partial charge >= 0.3 is 0 Å². The topological polar surface area (TPSA) is 26.3 Å². The first kappa shape index (κ1) is 11.9. The summed E-state index contributed by atoms with van der Waals surface area (Å²) in [6.07, 6.45) is 2.15. The van der Waals surface area contributed by atoms with E-state index in [-0.39, 0.29) is 5.82 Å². The van der Waals surface area contributed by atoms with E-state index in [2.05, 4.69) is 13.8 Å². The van der Waals surface area contributed by atoms with Gasteiger partial charge in [0.2, 0.25) is 0 Å². The molecule has 0 radical (unpaired) electrons. The molecular formula is C12H16FNOS. The van der Waals surface area contributed by atoms with E-state index in [1.54, 1.807) is 12.1 Å². The Labute approximate surface area is 98.8 Å². The van der Waals surface area contributed by atoms with E-state index >= 15 is 0 Å². The van der Waals surface area contributed by atoms with Gasteiger partial charge in [0, 0.05) is 0 Å². The summed E-state index contributed by atoms with van der Waals surface area (Å²) >= 11 is -1.16. The summed E-state index contributed by atoms with van der Waals surface area (Å²) in [7, 11) is 0. The fourth-order valence-electron chi connectivity index (χ4n) is 2.17. The number of benzene rings is 1. The Morgan fingerprint density at radius 3 is 2.19 bits per heavy atom. The van der Waals surface area contributed by atoms with E-state index in [1.165, 1.54) is 12.1 Å². The zero-order valence-corrected chi connectivity index (χ0v) is 10.3. The van der Waals surface area contributed by atoms with Crippen LogP contribution in [-0.2, 0) is 11.4 Å². The molecule has 0 amide bonds. The van der Waals surface area contributed by atoms with E-state index in [1.807, 2.05) is 4.31 Å². The summed E-state index contributed by atoms with van der Waals surface area (Å²) in [5.41, 5.74) is 0. The lowest BCUT2D eigenvalue weighted by molar-refractivity contribution is 0.350. The first-order valence-electron chi connectivity index (χ1n) is 5.55. The second-order valence-electron chi connectivity index (χ2n) is 4.34. The number of rotatable bonds is 2. The summed E-state index contributed by atoms with van der Waals surface area (Å²) in [6, 6.07) is 6.59. The number of hydrogen-bond donors (Lipinski definition) is 0. The molecule has 0 bridgehead atoms. The fourth-order valence-corrected chi connectivity index (χ4v) is 3.65. The van der Waals surface area contributed by atoms with Crippen molar-refractivity contribution in [3.8, 4) is 0 Å². The summed E-state index contributed by atoms with van der Waals surface area (Å²) in [6.45, 7) is 4.18. The summed E-state index contributed by atoms with van der Waals surface area (Å²) in [4.78, 5) is 0.682. The van der Waals surface area contributed by atoms with Gasteiger partial charge in [-0.25, -0.2) is 4.39 Å². The van der Waals surface area contributed by atoms with E-state index < -0.39 is 11.4 Å². The molecule has 1 aromatic carbocycles. The molecule has 1 saturated heterocycles. The Morgan fingerprint density at radius 1 is 1.19 bits per heavy atom. The van der Waals surface area contributed by atoms with Crippen molar-refractivity contribution in [1.82, 2.24) is 4.31 Å². The average molecular weight is 241 g/mol. The van der Waals surface area contributed by atoms with Gasteiger partial charge in [-0.1, -0.05) is 0 Å². The van der Waals surface area contributed by atoms with Crippen LogP contribution in [0.4, 0.5) is 4.39 Å². The Hall–Kier alpha value is -0.580. The van der Waals surface area contributed by atoms with Gasteiger partial charge in [-0.15, -0.1) is 4.31 Å². The summed E-state index contributed by atoms with van der Waals surface area (Å²) in [5.74, 6) is -0.289. The minimum Gasteiger partial charge on any atom is -0.593 e. The third kappa shape index (κ3) is 2.24. The Balaban J connectivity index is 2.18. The minimum atomic E-state index is -1.16. The molecule has 0 aromatic heterocycles. The predicted molar refractivity (Wildman–Crippen MR) is 62.8 cm³/mol. The molecule has 0 N–H and O–H groups in total. The van der Waals surface area contributed by atoms with Gasteiger partial charge in [0.1, 0.15) is 5.82 Å². The molecule has 3 unspecified atom stereocenters. The highest BCUT2D eigenvalue weighted by molar-refractivity contribution is 7.89. The minimum absolute atomic E-state index is 0.289. The summed E-state index contributed by atoms with van der Waals surface area (Å²) in [5, 5.41) is 0. The van der Waals surface area contributed by atoms with Crippen molar-refractivity contribution in [3.63, 3.8) is 0 Å². The molecule has 0 spiro atoms. The maximum atomic E-state index is 12.8. The van der Waals surface area contributed by atoms with Crippen LogP contribution in [0, 0.1) is 5.82 Å². The van der Waals surface area contributed by atoms with Crippen LogP contribution in [0.2, 0.25) is 0 Å². The van der Waals surface area contributed by atoms with Crippen molar-refractivity contribution in [2.24, 2.45) is 0 Å². The van der Waals surface area contributed by atoms with Crippen molar-refractivity contribution < 1.29 is 8.94 Å². The first-order chi connectivity index (χ1) is 7.59. The molecule has 0 aliphatic carbocycles. The van der Waals surface area contributed by atoms with Crippen LogP contribution in [0.5, 0.6) is 0 Å². The Morgan fingerprint density at radius 2 is 1.69 bits per heavy atom. The summed E-state index contributed by atoms with van der Waals surface area (Å²) < 4.78 is 27.1. The van der Waals surface area contributed by atoms with E-state index in [0.717, 1.165) is 12.8 Å². The molecule has 1 heterocycles. The number of nitrogens with zero attached hydrogens (tertiary/aromatic N) is 1. The third-order valence-corrected chi connectivity index (χ3v) is 4.86. The Kier molecular flexibility index (Phi) is 3.52. The molecule has 2 rings (SSSR count). The van der Waals surface area contributed by atoms with Crippen LogP contribution in [0.15, 0.2) is 29.2 Å². The zero-order valence-electron chi connectivity index (χ0n) is 9.52. The Bertz CT molecular complexity index is 347. The molecule has 1 aliphatic rings. The lowest BCUT2D eigenvalue weighted by Gasteiger charge is -2.26. The van der Waals surface area contributed by atoms with E-state index in [0.29, 0.717) is 17.0 Å². The van der Waals surface area contributed by atoms with E-state index in [9.17, 15) is 8.94 Å². The van der Waals surface area contributed by atoms with Crippen LogP contribution >= 0.6 is 0 Å². The molecule has 16 heavy (non-hydrogen) atoms. The standard InChI is InChI=1S/C12H16FNOS/c1-9-3-4-10(2)14(9)16(15)12-7-5-11(13)6-8-12/h5-10H,3-4H2,1-2H3. The van der Waals surface area contributed by atoms with Crippen LogP contribution in [0.25, 0.3) is 0 Å². The first-order valence-corrected chi connectivity index (χ1v) is 6.66. The van der Waals surface area contributed by atoms with Crippen LogP contribution in [0.3, 0.4) is 0 Å². The van der Waals surface area contributed by atoms with Crippen LogP contribution in [-0.4, -0.2) is 20.9 Å². The van der Waals surface area contributed by atoms with Crippen molar-refractivity contribution in [2.75, 3.05) is 0 Å². The lowest BCUT2D eigenvalue weighted by atomic mass is 10.2. The van der Waals surface area contributed by atoms with Crippen LogP contribution < -0.4 is 0 Å². The average Bonchev–Trinajstić information content (AvgIpc) is 2.59. The largest absolute Gasteiger partial charge is 0.593 e. The molecule has 4 heteroatoms. The molecule has 88 valence electrons. The van der Waals surface area contributed by atoms with Gasteiger partial charge < -0.3 is 4.55 Å².